The van der Waals surface area contributed by atoms with Crippen LogP contribution in [0, 0.1) is 18.3 Å². The molecule has 0 aliphatic carbocycles. The monoisotopic (exact) mass is 535 g/mol. The number of rotatable bonds is 14. The maximum atomic E-state index is 13.4. The minimum Gasteiger partial charge on any atom is -0.489 e. The molecule has 1 aliphatic heterocycles. The van der Waals surface area contributed by atoms with Crippen LogP contribution >= 0.6 is 0 Å². The summed E-state index contributed by atoms with van der Waals surface area (Å²) in [6.45, 7) is 9.37. The topological polar surface area (TPSA) is 114 Å². The molecule has 2 aromatic carbocycles. The summed E-state index contributed by atoms with van der Waals surface area (Å²) < 4.78 is 5.88. The van der Waals surface area contributed by atoms with Crippen LogP contribution in [0.5, 0.6) is 5.75 Å². The smallest absolute Gasteiger partial charge is 0.243 e. The SMILES string of the molecule is CC(C)CN1CCCC(NC(=O)C(Cc2ccc(OCc3ccccc3)cc2)NC(=O)[CH]CC(C)C(N)=O)C1. The number of amides is 3. The Kier molecular flexibility index (Phi) is 11.8. The van der Waals surface area contributed by atoms with E-state index < -0.39 is 23.8 Å². The van der Waals surface area contributed by atoms with Gasteiger partial charge < -0.3 is 26.0 Å². The Bertz CT molecular complexity index is 1060. The fourth-order valence-electron chi connectivity index (χ4n) is 4.70. The number of carbonyl (C=O) groups excluding carboxylic acids is 3. The molecule has 3 unspecified atom stereocenters. The van der Waals surface area contributed by atoms with Crippen molar-refractivity contribution in [3.05, 3.63) is 72.1 Å². The highest BCUT2D eigenvalue weighted by molar-refractivity contribution is 5.92. The van der Waals surface area contributed by atoms with Gasteiger partial charge in [-0.3, -0.25) is 14.4 Å². The number of primary amides is 1. The van der Waals surface area contributed by atoms with E-state index in [1.165, 1.54) is 6.42 Å². The largest absolute Gasteiger partial charge is 0.489 e. The molecule has 0 aromatic heterocycles. The fraction of sp³-hybridized carbons (Fsp3) is 0.484. The van der Waals surface area contributed by atoms with Crippen LogP contribution in [0.25, 0.3) is 0 Å². The summed E-state index contributed by atoms with van der Waals surface area (Å²) in [7, 11) is 0. The number of carbonyl (C=O) groups is 3. The predicted molar refractivity (Wildman–Crippen MR) is 153 cm³/mol. The lowest BCUT2D eigenvalue weighted by Crippen LogP contribution is -2.54. The lowest BCUT2D eigenvalue weighted by molar-refractivity contribution is -0.128. The van der Waals surface area contributed by atoms with Gasteiger partial charge in [-0.15, -0.1) is 0 Å². The van der Waals surface area contributed by atoms with Crippen LogP contribution in [-0.2, 0) is 27.4 Å². The highest BCUT2D eigenvalue weighted by Gasteiger charge is 2.27. The summed E-state index contributed by atoms with van der Waals surface area (Å²) >= 11 is 0. The molecule has 2 aromatic rings. The van der Waals surface area contributed by atoms with Crippen LogP contribution in [-0.4, -0.2) is 54.3 Å². The standard InChI is InChI=1S/C31H43N4O4/c1-22(2)19-35-17-7-10-26(20-35)33-31(38)28(34-29(36)16-11-23(3)30(32)37)18-24-12-14-27(15-13-24)39-21-25-8-5-4-6-9-25/h4-6,8-9,12-16,22-23,26,28H,7,10-11,17-21H2,1-3H3,(H2,32,37)(H,33,38)(H,34,36). The highest BCUT2D eigenvalue weighted by Crippen LogP contribution is 2.17. The number of nitrogens with two attached hydrogens (primary N) is 1. The van der Waals surface area contributed by atoms with E-state index >= 15 is 0 Å². The van der Waals surface area contributed by atoms with Crippen molar-refractivity contribution in [3.63, 3.8) is 0 Å². The molecule has 1 radical (unpaired) electrons. The van der Waals surface area contributed by atoms with Gasteiger partial charge in [0.15, 0.2) is 0 Å². The number of hydrogen-bond donors (Lipinski definition) is 3. The molecule has 0 spiro atoms. The van der Waals surface area contributed by atoms with E-state index in [0.29, 0.717) is 18.9 Å². The van der Waals surface area contributed by atoms with Crippen LogP contribution < -0.4 is 21.1 Å². The number of ether oxygens (including phenoxy) is 1. The van der Waals surface area contributed by atoms with Gasteiger partial charge in [0.2, 0.25) is 17.7 Å². The third kappa shape index (κ3) is 10.7. The molecule has 0 bridgehead atoms. The molecule has 8 nitrogen and oxygen atoms in total. The molecule has 3 amide bonds. The van der Waals surface area contributed by atoms with Gasteiger partial charge in [-0.1, -0.05) is 63.2 Å². The predicted octanol–water partition coefficient (Wildman–Crippen LogP) is 3.25. The number of benzene rings is 2. The molecule has 1 heterocycles. The van der Waals surface area contributed by atoms with Crippen molar-refractivity contribution in [1.29, 1.82) is 0 Å². The third-order valence-electron chi connectivity index (χ3n) is 6.86. The van der Waals surface area contributed by atoms with Gasteiger partial charge in [0.05, 0.1) is 6.42 Å². The van der Waals surface area contributed by atoms with Crippen LogP contribution in [0.2, 0.25) is 0 Å². The van der Waals surface area contributed by atoms with E-state index in [0.717, 1.165) is 49.4 Å². The van der Waals surface area contributed by atoms with Crippen LogP contribution in [0.3, 0.4) is 0 Å². The zero-order valence-electron chi connectivity index (χ0n) is 23.4. The number of piperidine rings is 1. The van der Waals surface area contributed by atoms with Gasteiger partial charge in [0.25, 0.3) is 0 Å². The first-order chi connectivity index (χ1) is 18.7. The van der Waals surface area contributed by atoms with Crippen LogP contribution in [0.4, 0.5) is 0 Å². The molecule has 8 heteroatoms. The van der Waals surface area contributed by atoms with E-state index in [1.807, 2.05) is 54.6 Å². The van der Waals surface area contributed by atoms with Crippen molar-refractivity contribution in [2.75, 3.05) is 19.6 Å². The first-order valence-corrected chi connectivity index (χ1v) is 13.9. The molecule has 3 rings (SSSR count). The van der Waals surface area contributed by atoms with Gasteiger partial charge in [-0.05, 0) is 55.0 Å². The van der Waals surface area contributed by atoms with Crippen molar-refractivity contribution < 1.29 is 19.1 Å². The minimum atomic E-state index is -0.755. The summed E-state index contributed by atoms with van der Waals surface area (Å²) in [6.07, 6.45) is 3.88. The van der Waals surface area contributed by atoms with Crippen LogP contribution in [0.15, 0.2) is 54.6 Å². The molecule has 4 N–H and O–H groups in total. The van der Waals surface area contributed by atoms with E-state index in [2.05, 4.69) is 29.4 Å². The summed E-state index contributed by atoms with van der Waals surface area (Å²) in [5.74, 6) is -0.234. The van der Waals surface area contributed by atoms with Gasteiger partial charge >= 0.3 is 0 Å². The lowest BCUT2D eigenvalue weighted by atomic mass is 10.0. The molecular weight excluding hydrogens is 492 g/mol. The first kappa shape index (κ1) is 30.2. The van der Waals surface area contributed by atoms with Gasteiger partial charge in [0.1, 0.15) is 18.4 Å². The maximum absolute atomic E-state index is 13.4. The molecule has 1 fully saturated rings. The average molecular weight is 536 g/mol. The summed E-state index contributed by atoms with van der Waals surface area (Å²) in [5.41, 5.74) is 7.30. The Morgan fingerprint density at radius 2 is 1.77 bits per heavy atom. The second-order valence-corrected chi connectivity index (χ2v) is 10.9. The van der Waals surface area contributed by atoms with Crippen molar-refractivity contribution in [2.24, 2.45) is 17.6 Å². The van der Waals surface area contributed by atoms with E-state index in [9.17, 15) is 14.4 Å². The summed E-state index contributed by atoms with van der Waals surface area (Å²) in [4.78, 5) is 39.8. The molecule has 211 valence electrons. The van der Waals surface area contributed by atoms with Crippen molar-refractivity contribution >= 4 is 17.7 Å². The first-order valence-electron chi connectivity index (χ1n) is 13.9. The molecule has 0 saturated carbocycles. The molecule has 39 heavy (non-hydrogen) atoms. The van der Waals surface area contributed by atoms with Gasteiger partial charge in [-0.2, -0.15) is 0 Å². The van der Waals surface area contributed by atoms with E-state index in [1.54, 1.807) is 6.92 Å². The van der Waals surface area contributed by atoms with Crippen molar-refractivity contribution in [1.82, 2.24) is 15.5 Å². The van der Waals surface area contributed by atoms with Gasteiger partial charge in [0, 0.05) is 31.5 Å². The average Bonchev–Trinajstić information content (AvgIpc) is 2.91. The highest BCUT2D eigenvalue weighted by atomic mass is 16.5. The molecule has 1 aliphatic rings. The molecular formula is C31H43N4O4. The summed E-state index contributed by atoms with van der Waals surface area (Å²) in [6, 6.07) is 16.8. The molecule has 1 saturated heterocycles. The van der Waals surface area contributed by atoms with Gasteiger partial charge in [-0.25, -0.2) is 0 Å². The molecule has 3 atom stereocenters. The van der Waals surface area contributed by atoms with E-state index in [-0.39, 0.29) is 18.4 Å². The maximum Gasteiger partial charge on any atom is 0.243 e. The van der Waals surface area contributed by atoms with Crippen molar-refractivity contribution in [2.45, 2.75) is 65.1 Å². The lowest BCUT2D eigenvalue weighted by Gasteiger charge is -2.34. The Morgan fingerprint density at radius 1 is 1.05 bits per heavy atom. The quantitative estimate of drug-likeness (QED) is 0.344. The summed E-state index contributed by atoms with van der Waals surface area (Å²) in [5, 5.41) is 6.02. The second kappa shape index (κ2) is 15.3. The van der Waals surface area contributed by atoms with E-state index in [4.69, 9.17) is 10.5 Å². The number of nitrogens with zero attached hydrogens (tertiary/aromatic N) is 1. The van der Waals surface area contributed by atoms with Crippen LogP contribution in [0.1, 0.15) is 51.2 Å². The second-order valence-electron chi connectivity index (χ2n) is 10.9. The number of likely N-dealkylation sites (tertiary alicyclic amines) is 1. The normalized spacial score (nSPS) is 17.3. The Hall–Kier alpha value is -3.39. The Labute approximate surface area is 232 Å². The zero-order valence-corrected chi connectivity index (χ0v) is 23.4. The van der Waals surface area contributed by atoms with Crippen molar-refractivity contribution in [3.8, 4) is 5.75 Å². The number of hydrogen-bond acceptors (Lipinski definition) is 5. The number of nitrogens with one attached hydrogen (secondary N) is 2. The Balaban J connectivity index is 1.62. The minimum absolute atomic E-state index is 0.0389. The third-order valence-corrected chi connectivity index (χ3v) is 6.86. The zero-order chi connectivity index (χ0) is 28.2. The fourth-order valence-corrected chi connectivity index (χ4v) is 4.70. The Morgan fingerprint density at radius 3 is 2.44 bits per heavy atom.